The van der Waals surface area contributed by atoms with E-state index >= 15 is 0 Å². The van der Waals surface area contributed by atoms with Gasteiger partial charge in [0.25, 0.3) is 0 Å². The third-order valence-corrected chi connectivity index (χ3v) is 6.59. The SMILES string of the molecule is COc1ccc2c(C)c(CCC(=O)N3CCC(c4nc5ccccc5o4)CC3)c(=O)oc2c1. The number of carbonyl (C=O) groups is 1. The van der Waals surface area contributed by atoms with Gasteiger partial charge in [-0.3, -0.25) is 4.79 Å². The molecule has 1 aliphatic rings. The molecule has 7 nitrogen and oxygen atoms in total. The average molecular weight is 447 g/mol. The first-order valence-corrected chi connectivity index (χ1v) is 11.3. The predicted molar refractivity (Wildman–Crippen MR) is 125 cm³/mol. The fourth-order valence-electron chi connectivity index (χ4n) is 4.62. The standard InChI is InChI=1S/C26H26N2O5/c1-16-19-8-7-18(31-2)15-23(19)33-26(30)20(16)9-10-24(29)28-13-11-17(12-14-28)25-27-21-5-3-4-6-22(21)32-25/h3-8,15,17H,9-14H2,1-2H3. The Bertz CT molecular complexity index is 1350. The molecule has 2 aromatic carbocycles. The lowest BCUT2D eigenvalue weighted by Gasteiger charge is -2.30. The molecular formula is C26H26N2O5. The molecule has 0 saturated carbocycles. The van der Waals surface area contributed by atoms with Crippen molar-refractivity contribution in [1.82, 2.24) is 9.88 Å². The average Bonchev–Trinajstić information content (AvgIpc) is 3.28. The molecule has 0 spiro atoms. The summed E-state index contributed by atoms with van der Waals surface area (Å²) < 4.78 is 16.6. The van der Waals surface area contributed by atoms with Gasteiger partial charge in [-0.15, -0.1) is 0 Å². The zero-order valence-electron chi connectivity index (χ0n) is 18.8. The van der Waals surface area contributed by atoms with Gasteiger partial charge < -0.3 is 18.5 Å². The summed E-state index contributed by atoms with van der Waals surface area (Å²) >= 11 is 0. The maximum Gasteiger partial charge on any atom is 0.339 e. The van der Waals surface area contributed by atoms with Crippen LogP contribution in [0.4, 0.5) is 0 Å². The van der Waals surface area contributed by atoms with Crippen molar-refractivity contribution < 1.29 is 18.4 Å². The van der Waals surface area contributed by atoms with Crippen LogP contribution >= 0.6 is 0 Å². The normalized spacial score (nSPS) is 14.8. The molecule has 0 N–H and O–H groups in total. The Kier molecular flexibility index (Phi) is 5.62. The number of aromatic nitrogens is 1. The van der Waals surface area contributed by atoms with E-state index in [2.05, 4.69) is 4.98 Å². The number of aryl methyl sites for hydroxylation is 1. The number of methoxy groups -OCH3 is 1. The Labute approximate surface area is 191 Å². The number of carbonyl (C=O) groups excluding carboxylic acids is 1. The molecule has 3 heterocycles. The summed E-state index contributed by atoms with van der Waals surface area (Å²) in [4.78, 5) is 31.9. The van der Waals surface area contributed by atoms with Crippen LogP contribution in [0.3, 0.4) is 0 Å². The van der Waals surface area contributed by atoms with Gasteiger partial charge in [-0.25, -0.2) is 9.78 Å². The van der Waals surface area contributed by atoms with Crippen LogP contribution in [0.2, 0.25) is 0 Å². The van der Waals surface area contributed by atoms with Gasteiger partial charge in [0.15, 0.2) is 11.5 Å². The number of hydrogen-bond donors (Lipinski definition) is 0. The lowest BCUT2D eigenvalue weighted by atomic mass is 9.96. The Morgan fingerprint density at radius 3 is 2.67 bits per heavy atom. The topological polar surface area (TPSA) is 85.8 Å². The van der Waals surface area contributed by atoms with Crippen LogP contribution in [0.25, 0.3) is 22.1 Å². The van der Waals surface area contributed by atoms with E-state index in [9.17, 15) is 9.59 Å². The number of para-hydroxylation sites is 2. The number of hydrogen-bond acceptors (Lipinski definition) is 6. The number of likely N-dealkylation sites (tertiary alicyclic amines) is 1. The Morgan fingerprint density at radius 1 is 1.12 bits per heavy atom. The van der Waals surface area contributed by atoms with Gasteiger partial charge in [0.05, 0.1) is 7.11 Å². The molecule has 1 saturated heterocycles. The maximum atomic E-state index is 12.9. The van der Waals surface area contributed by atoms with Crippen LogP contribution in [0.1, 0.15) is 42.2 Å². The number of rotatable bonds is 5. The number of benzene rings is 2. The van der Waals surface area contributed by atoms with Crippen LogP contribution in [0, 0.1) is 6.92 Å². The van der Waals surface area contributed by atoms with E-state index in [1.165, 1.54) is 0 Å². The van der Waals surface area contributed by atoms with Crippen molar-refractivity contribution in [1.29, 1.82) is 0 Å². The second-order valence-corrected chi connectivity index (χ2v) is 8.53. The zero-order valence-corrected chi connectivity index (χ0v) is 18.8. The third-order valence-electron chi connectivity index (χ3n) is 6.59. The van der Waals surface area contributed by atoms with E-state index in [0.29, 0.717) is 36.4 Å². The second-order valence-electron chi connectivity index (χ2n) is 8.53. The minimum Gasteiger partial charge on any atom is -0.497 e. The van der Waals surface area contributed by atoms with Crippen molar-refractivity contribution >= 4 is 28.0 Å². The highest BCUT2D eigenvalue weighted by atomic mass is 16.5. The fourth-order valence-corrected chi connectivity index (χ4v) is 4.62. The van der Waals surface area contributed by atoms with Crippen LogP contribution in [-0.4, -0.2) is 36.0 Å². The van der Waals surface area contributed by atoms with Crippen LogP contribution < -0.4 is 10.4 Å². The molecule has 5 rings (SSSR count). The summed E-state index contributed by atoms with van der Waals surface area (Å²) in [6.45, 7) is 3.22. The Balaban J connectivity index is 1.23. The number of fused-ring (bicyclic) bond motifs is 2. The number of ether oxygens (including phenoxy) is 1. The number of nitrogens with zero attached hydrogens (tertiary/aromatic N) is 2. The molecule has 33 heavy (non-hydrogen) atoms. The lowest BCUT2D eigenvalue weighted by Crippen LogP contribution is -2.38. The van der Waals surface area contributed by atoms with Crippen LogP contribution in [-0.2, 0) is 11.2 Å². The Hall–Kier alpha value is -3.61. The molecule has 1 aliphatic heterocycles. The summed E-state index contributed by atoms with van der Waals surface area (Å²) in [5.41, 5.74) is 3.18. The molecule has 1 amide bonds. The maximum absolute atomic E-state index is 12.9. The van der Waals surface area contributed by atoms with Crippen molar-refractivity contribution in [3.63, 3.8) is 0 Å². The van der Waals surface area contributed by atoms with Gasteiger partial charge >= 0.3 is 5.63 Å². The summed E-state index contributed by atoms with van der Waals surface area (Å²) in [5.74, 6) is 1.66. The minimum absolute atomic E-state index is 0.0552. The Morgan fingerprint density at radius 2 is 1.91 bits per heavy atom. The monoisotopic (exact) mass is 446 g/mol. The number of piperidine rings is 1. The molecule has 170 valence electrons. The summed E-state index contributed by atoms with van der Waals surface area (Å²) in [5, 5.41) is 0.858. The van der Waals surface area contributed by atoms with E-state index < -0.39 is 5.63 Å². The van der Waals surface area contributed by atoms with Crippen LogP contribution in [0.5, 0.6) is 5.75 Å². The molecule has 0 bridgehead atoms. The minimum atomic E-state index is -0.393. The number of amides is 1. The highest BCUT2D eigenvalue weighted by molar-refractivity contribution is 5.83. The van der Waals surface area contributed by atoms with E-state index in [1.807, 2.05) is 48.2 Å². The van der Waals surface area contributed by atoms with Crippen molar-refractivity contribution in [2.24, 2.45) is 0 Å². The fraction of sp³-hybridized carbons (Fsp3) is 0.346. The summed E-state index contributed by atoms with van der Waals surface area (Å²) in [7, 11) is 1.57. The molecule has 0 unspecified atom stereocenters. The first-order chi connectivity index (χ1) is 16.0. The molecule has 4 aromatic rings. The predicted octanol–water partition coefficient (Wildman–Crippen LogP) is 4.59. The van der Waals surface area contributed by atoms with Gasteiger partial charge in [0, 0.05) is 42.4 Å². The van der Waals surface area contributed by atoms with Crippen molar-refractivity contribution in [2.45, 2.75) is 38.5 Å². The smallest absolute Gasteiger partial charge is 0.339 e. The number of oxazole rings is 1. The molecule has 0 aliphatic carbocycles. The zero-order chi connectivity index (χ0) is 22.9. The molecule has 7 heteroatoms. The van der Waals surface area contributed by atoms with Crippen molar-refractivity contribution in [3.05, 3.63) is 69.9 Å². The largest absolute Gasteiger partial charge is 0.497 e. The van der Waals surface area contributed by atoms with Crippen molar-refractivity contribution in [2.75, 3.05) is 20.2 Å². The molecule has 0 atom stereocenters. The van der Waals surface area contributed by atoms with E-state index in [4.69, 9.17) is 13.6 Å². The quantitative estimate of drug-likeness (QED) is 0.417. The van der Waals surface area contributed by atoms with E-state index in [1.54, 1.807) is 13.2 Å². The van der Waals surface area contributed by atoms with Gasteiger partial charge in [0.2, 0.25) is 5.91 Å². The van der Waals surface area contributed by atoms with E-state index in [0.717, 1.165) is 40.8 Å². The van der Waals surface area contributed by atoms with E-state index in [-0.39, 0.29) is 18.2 Å². The third kappa shape index (κ3) is 4.11. The molecule has 0 radical (unpaired) electrons. The van der Waals surface area contributed by atoms with Gasteiger partial charge in [-0.2, -0.15) is 0 Å². The lowest BCUT2D eigenvalue weighted by molar-refractivity contribution is -0.132. The van der Waals surface area contributed by atoms with Gasteiger partial charge in [0.1, 0.15) is 16.8 Å². The highest BCUT2D eigenvalue weighted by Crippen LogP contribution is 2.30. The summed E-state index contributed by atoms with van der Waals surface area (Å²) in [6.07, 6.45) is 2.27. The van der Waals surface area contributed by atoms with Crippen molar-refractivity contribution in [3.8, 4) is 5.75 Å². The first kappa shape index (κ1) is 21.2. The van der Waals surface area contributed by atoms with Crippen LogP contribution in [0.15, 0.2) is 56.1 Å². The molecule has 1 fully saturated rings. The highest BCUT2D eigenvalue weighted by Gasteiger charge is 2.27. The van der Waals surface area contributed by atoms with Gasteiger partial charge in [-0.05, 0) is 56.0 Å². The van der Waals surface area contributed by atoms with Gasteiger partial charge in [-0.1, -0.05) is 12.1 Å². The second kappa shape index (κ2) is 8.73. The molecule has 2 aromatic heterocycles. The summed E-state index contributed by atoms with van der Waals surface area (Å²) in [6, 6.07) is 13.2. The molecular weight excluding hydrogens is 420 g/mol. The first-order valence-electron chi connectivity index (χ1n) is 11.3.